The number of nitrogens with two attached hydrogens (primary N) is 1. The summed E-state index contributed by atoms with van der Waals surface area (Å²) in [5, 5.41) is 0. The molecular weight excluding hydrogens is 198 g/mol. The molecule has 0 aliphatic carbocycles. The summed E-state index contributed by atoms with van der Waals surface area (Å²) < 4.78 is 0. The number of hydrogen-bond acceptors (Lipinski definition) is 2. The molecule has 0 heterocycles. The number of rotatable bonds is 8. The van der Waals surface area contributed by atoms with Crippen molar-refractivity contribution in [1.82, 2.24) is 0 Å². The van der Waals surface area contributed by atoms with E-state index in [1.807, 2.05) is 13.8 Å². The molecule has 2 nitrogen and oxygen atoms in total. The predicted octanol–water partition coefficient (Wildman–Crippen LogP) is 3.39. The van der Waals surface area contributed by atoms with Crippen molar-refractivity contribution in [3.05, 3.63) is 0 Å². The van der Waals surface area contributed by atoms with Gasteiger partial charge in [-0.25, -0.2) is 0 Å². The van der Waals surface area contributed by atoms with E-state index in [0.29, 0.717) is 11.7 Å². The molecule has 96 valence electrons. The third-order valence-electron chi connectivity index (χ3n) is 3.53. The molecule has 0 aromatic carbocycles. The molecule has 3 atom stereocenters. The molecule has 0 saturated carbocycles. The summed E-state index contributed by atoms with van der Waals surface area (Å²) in [5.41, 5.74) is 5.81. The molecule has 16 heavy (non-hydrogen) atoms. The molecule has 2 heteroatoms. The van der Waals surface area contributed by atoms with Crippen LogP contribution in [0.1, 0.15) is 60.3 Å². The highest BCUT2D eigenvalue weighted by molar-refractivity contribution is 5.83. The average Bonchev–Trinajstić information content (AvgIpc) is 2.21. The fourth-order valence-corrected chi connectivity index (χ4v) is 2.02. The van der Waals surface area contributed by atoms with Crippen molar-refractivity contribution in [1.29, 1.82) is 0 Å². The summed E-state index contributed by atoms with van der Waals surface area (Å²) in [7, 11) is 0. The van der Waals surface area contributed by atoms with Gasteiger partial charge in [-0.3, -0.25) is 4.79 Å². The maximum atomic E-state index is 12.2. The molecule has 3 unspecified atom stereocenters. The van der Waals surface area contributed by atoms with Gasteiger partial charge in [0, 0.05) is 17.9 Å². The number of Topliss-reactive ketones (excluding diaryl/α,β-unsaturated/α-hetero) is 1. The van der Waals surface area contributed by atoms with Crippen LogP contribution in [0.25, 0.3) is 0 Å². The van der Waals surface area contributed by atoms with Crippen LogP contribution < -0.4 is 5.73 Å². The summed E-state index contributed by atoms with van der Waals surface area (Å²) in [6.45, 7) is 10.4. The molecule has 0 aliphatic rings. The standard InChI is InChI=1S/C14H29NO/c1-6-7-8-9-13(10(2)3)14(16)11(4)12(5)15/h10-13H,6-9,15H2,1-5H3. The van der Waals surface area contributed by atoms with Crippen LogP contribution in [0.2, 0.25) is 0 Å². The van der Waals surface area contributed by atoms with Crippen molar-refractivity contribution in [3.8, 4) is 0 Å². The van der Waals surface area contributed by atoms with Crippen LogP contribution in [0.3, 0.4) is 0 Å². The second-order valence-corrected chi connectivity index (χ2v) is 5.40. The Morgan fingerprint density at radius 2 is 1.69 bits per heavy atom. The molecule has 0 amide bonds. The van der Waals surface area contributed by atoms with Crippen molar-refractivity contribution in [2.24, 2.45) is 23.5 Å². The van der Waals surface area contributed by atoms with Gasteiger partial charge < -0.3 is 5.73 Å². The van der Waals surface area contributed by atoms with Crippen molar-refractivity contribution >= 4 is 5.78 Å². The van der Waals surface area contributed by atoms with E-state index in [-0.39, 0.29) is 17.9 Å². The molecule has 0 rings (SSSR count). The van der Waals surface area contributed by atoms with E-state index in [9.17, 15) is 4.79 Å². The van der Waals surface area contributed by atoms with E-state index < -0.39 is 0 Å². The van der Waals surface area contributed by atoms with Crippen LogP contribution in [0.5, 0.6) is 0 Å². The molecule has 0 bridgehead atoms. The van der Waals surface area contributed by atoms with E-state index >= 15 is 0 Å². The minimum Gasteiger partial charge on any atom is -0.327 e. The van der Waals surface area contributed by atoms with Crippen molar-refractivity contribution in [3.63, 3.8) is 0 Å². The Balaban J connectivity index is 4.35. The van der Waals surface area contributed by atoms with Crippen molar-refractivity contribution < 1.29 is 4.79 Å². The van der Waals surface area contributed by atoms with Gasteiger partial charge in [-0.1, -0.05) is 47.0 Å². The molecule has 0 radical (unpaired) electrons. The van der Waals surface area contributed by atoms with Gasteiger partial charge >= 0.3 is 0 Å². The maximum Gasteiger partial charge on any atom is 0.140 e. The van der Waals surface area contributed by atoms with Crippen LogP contribution >= 0.6 is 0 Å². The van der Waals surface area contributed by atoms with E-state index in [0.717, 1.165) is 12.8 Å². The fourth-order valence-electron chi connectivity index (χ4n) is 2.02. The van der Waals surface area contributed by atoms with Gasteiger partial charge in [-0.15, -0.1) is 0 Å². The third-order valence-corrected chi connectivity index (χ3v) is 3.53. The van der Waals surface area contributed by atoms with E-state index in [4.69, 9.17) is 5.73 Å². The highest BCUT2D eigenvalue weighted by atomic mass is 16.1. The summed E-state index contributed by atoms with van der Waals surface area (Å²) in [6, 6.07) is -0.0278. The van der Waals surface area contributed by atoms with E-state index in [2.05, 4.69) is 20.8 Å². The topological polar surface area (TPSA) is 43.1 Å². The quantitative estimate of drug-likeness (QED) is 0.646. The predicted molar refractivity (Wildman–Crippen MR) is 70.3 cm³/mol. The minimum atomic E-state index is -0.0278. The van der Waals surface area contributed by atoms with Crippen LogP contribution in [-0.4, -0.2) is 11.8 Å². The van der Waals surface area contributed by atoms with E-state index in [1.165, 1.54) is 12.8 Å². The molecule has 0 aromatic heterocycles. The zero-order chi connectivity index (χ0) is 12.7. The Bertz CT molecular complexity index is 199. The average molecular weight is 227 g/mol. The number of hydrogen-bond donors (Lipinski definition) is 1. The Kier molecular flexibility index (Phi) is 7.65. The normalized spacial score (nSPS) is 17.2. The first-order valence-electron chi connectivity index (χ1n) is 6.71. The molecule has 0 fully saturated rings. The monoisotopic (exact) mass is 227 g/mol. The first-order valence-corrected chi connectivity index (χ1v) is 6.71. The highest BCUT2D eigenvalue weighted by Gasteiger charge is 2.27. The zero-order valence-electron chi connectivity index (χ0n) is 11.6. The van der Waals surface area contributed by atoms with Gasteiger partial charge in [0.05, 0.1) is 0 Å². The number of carbonyl (C=O) groups is 1. The van der Waals surface area contributed by atoms with Crippen LogP contribution in [0.4, 0.5) is 0 Å². The summed E-state index contributed by atoms with van der Waals surface area (Å²) in [5.74, 6) is 0.994. The Morgan fingerprint density at radius 3 is 2.06 bits per heavy atom. The number of carbonyl (C=O) groups excluding carboxylic acids is 1. The van der Waals surface area contributed by atoms with E-state index in [1.54, 1.807) is 0 Å². The molecular formula is C14H29NO. The summed E-state index contributed by atoms with van der Waals surface area (Å²) in [4.78, 5) is 12.2. The lowest BCUT2D eigenvalue weighted by Crippen LogP contribution is -2.36. The number of unbranched alkanes of at least 4 members (excludes halogenated alkanes) is 2. The molecule has 0 aromatic rings. The lowest BCUT2D eigenvalue weighted by Gasteiger charge is -2.25. The SMILES string of the molecule is CCCCCC(C(=O)C(C)C(C)N)C(C)C. The molecule has 0 aliphatic heterocycles. The Labute approximate surface area is 101 Å². The van der Waals surface area contributed by atoms with Gasteiger partial charge in [-0.05, 0) is 19.3 Å². The largest absolute Gasteiger partial charge is 0.327 e. The number of ketones is 1. The second-order valence-electron chi connectivity index (χ2n) is 5.40. The fraction of sp³-hybridized carbons (Fsp3) is 0.929. The lowest BCUT2D eigenvalue weighted by atomic mass is 9.80. The molecule has 0 saturated heterocycles. The third kappa shape index (κ3) is 5.11. The molecule has 2 N–H and O–H groups in total. The lowest BCUT2D eigenvalue weighted by molar-refractivity contribution is -0.128. The van der Waals surface area contributed by atoms with Gasteiger partial charge in [0.25, 0.3) is 0 Å². The minimum absolute atomic E-state index is 0.00553. The van der Waals surface area contributed by atoms with Gasteiger partial charge in [0.2, 0.25) is 0 Å². The van der Waals surface area contributed by atoms with Crippen LogP contribution in [0, 0.1) is 17.8 Å². The zero-order valence-corrected chi connectivity index (χ0v) is 11.6. The Morgan fingerprint density at radius 1 is 1.12 bits per heavy atom. The smallest absolute Gasteiger partial charge is 0.140 e. The van der Waals surface area contributed by atoms with Gasteiger partial charge in [-0.2, -0.15) is 0 Å². The van der Waals surface area contributed by atoms with Crippen LogP contribution in [0.15, 0.2) is 0 Å². The van der Waals surface area contributed by atoms with Crippen molar-refractivity contribution in [2.75, 3.05) is 0 Å². The first kappa shape index (κ1) is 15.6. The van der Waals surface area contributed by atoms with Gasteiger partial charge in [0.1, 0.15) is 5.78 Å². The highest BCUT2D eigenvalue weighted by Crippen LogP contribution is 2.24. The van der Waals surface area contributed by atoms with Crippen molar-refractivity contribution in [2.45, 2.75) is 66.3 Å². The first-order chi connectivity index (χ1) is 7.41. The summed E-state index contributed by atoms with van der Waals surface area (Å²) >= 11 is 0. The second kappa shape index (κ2) is 7.83. The van der Waals surface area contributed by atoms with Crippen LogP contribution in [-0.2, 0) is 4.79 Å². The maximum absolute atomic E-state index is 12.2. The Hall–Kier alpha value is -0.370. The molecule has 0 spiro atoms. The summed E-state index contributed by atoms with van der Waals surface area (Å²) in [6.07, 6.45) is 4.63. The van der Waals surface area contributed by atoms with Gasteiger partial charge in [0.15, 0.2) is 0 Å².